The van der Waals surface area contributed by atoms with Gasteiger partial charge in [-0.15, -0.1) is 0 Å². The largest absolute Gasteiger partial charge is 0.391 e. The molecule has 0 saturated carbocycles. The monoisotopic (exact) mass is 264 g/mol. The molecule has 1 aromatic rings. The van der Waals surface area contributed by atoms with Gasteiger partial charge in [0.15, 0.2) is 0 Å². The van der Waals surface area contributed by atoms with Crippen molar-refractivity contribution >= 4 is 6.03 Å². The van der Waals surface area contributed by atoms with E-state index in [1.165, 1.54) is 0 Å². The van der Waals surface area contributed by atoms with Crippen LogP contribution in [0.2, 0.25) is 0 Å². The molecule has 0 aliphatic carbocycles. The van der Waals surface area contributed by atoms with Crippen molar-refractivity contribution in [2.45, 2.75) is 39.3 Å². The Morgan fingerprint density at radius 2 is 1.84 bits per heavy atom. The lowest BCUT2D eigenvalue weighted by molar-refractivity contribution is 0.169. The van der Waals surface area contributed by atoms with Gasteiger partial charge < -0.3 is 15.7 Å². The van der Waals surface area contributed by atoms with E-state index in [1.54, 1.807) is 0 Å². The molecule has 0 saturated heterocycles. The first-order valence-electron chi connectivity index (χ1n) is 6.75. The number of hydrogen-bond acceptors (Lipinski definition) is 2. The maximum atomic E-state index is 11.6. The van der Waals surface area contributed by atoms with Gasteiger partial charge in [-0.2, -0.15) is 0 Å². The Labute approximate surface area is 115 Å². The van der Waals surface area contributed by atoms with Crippen molar-refractivity contribution < 1.29 is 9.90 Å². The number of amides is 2. The van der Waals surface area contributed by atoms with Gasteiger partial charge in [0.05, 0.1) is 6.10 Å². The third kappa shape index (κ3) is 6.25. The van der Waals surface area contributed by atoms with Crippen LogP contribution in [0.25, 0.3) is 0 Å². The van der Waals surface area contributed by atoms with Gasteiger partial charge in [-0.1, -0.05) is 44.2 Å². The lowest BCUT2D eigenvalue weighted by Crippen LogP contribution is -2.45. The van der Waals surface area contributed by atoms with Gasteiger partial charge in [0, 0.05) is 19.0 Å². The van der Waals surface area contributed by atoms with E-state index in [1.807, 2.05) is 37.3 Å². The minimum Gasteiger partial charge on any atom is -0.391 e. The van der Waals surface area contributed by atoms with E-state index in [9.17, 15) is 9.90 Å². The molecular formula is C15H24N2O2. The number of aliphatic hydroxyl groups is 1. The van der Waals surface area contributed by atoms with Gasteiger partial charge >= 0.3 is 6.03 Å². The predicted molar refractivity (Wildman–Crippen MR) is 77.0 cm³/mol. The minimum absolute atomic E-state index is 0.117. The highest BCUT2D eigenvalue weighted by molar-refractivity contribution is 5.74. The predicted octanol–water partition coefficient (Wildman–Crippen LogP) is 1.93. The zero-order valence-electron chi connectivity index (χ0n) is 11.9. The topological polar surface area (TPSA) is 61.4 Å². The summed E-state index contributed by atoms with van der Waals surface area (Å²) in [7, 11) is 0. The first kappa shape index (κ1) is 15.5. The average Bonchev–Trinajstić information content (AvgIpc) is 2.37. The lowest BCUT2D eigenvalue weighted by Gasteiger charge is -2.19. The molecule has 0 radical (unpaired) electrons. The SMILES string of the molecule is CC(C)C(C)NC(=O)NCC(O)Cc1ccccc1. The Kier molecular flexibility index (Phi) is 6.36. The summed E-state index contributed by atoms with van der Waals surface area (Å²) in [4.78, 5) is 11.6. The molecule has 4 heteroatoms. The summed E-state index contributed by atoms with van der Waals surface area (Å²) in [6, 6.07) is 9.63. The van der Waals surface area contributed by atoms with E-state index in [0.29, 0.717) is 12.3 Å². The summed E-state index contributed by atoms with van der Waals surface area (Å²) >= 11 is 0. The summed E-state index contributed by atoms with van der Waals surface area (Å²) in [5.74, 6) is 0.389. The third-order valence-electron chi connectivity index (χ3n) is 3.17. The Bertz CT molecular complexity index is 379. The number of benzene rings is 1. The van der Waals surface area contributed by atoms with Crippen LogP contribution in [0.15, 0.2) is 30.3 Å². The Morgan fingerprint density at radius 1 is 1.21 bits per heavy atom. The lowest BCUT2D eigenvalue weighted by atomic mass is 10.1. The summed E-state index contributed by atoms with van der Waals surface area (Å²) in [5, 5.41) is 15.4. The molecule has 2 unspecified atom stereocenters. The van der Waals surface area contributed by atoms with Crippen LogP contribution in [-0.4, -0.2) is 29.8 Å². The van der Waals surface area contributed by atoms with Gasteiger partial charge in [-0.25, -0.2) is 4.79 Å². The van der Waals surface area contributed by atoms with Crippen LogP contribution in [0.4, 0.5) is 4.79 Å². The van der Waals surface area contributed by atoms with Crippen LogP contribution in [0.1, 0.15) is 26.3 Å². The Hall–Kier alpha value is -1.55. The number of carbonyl (C=O) groups is 1. The fourth-order valence-corrected chi connectivity index (χ4v) is 1.59. The van der Waals surface area contributed by atoms with E-state index in [2.05, 4.69) is 24.5 Å². The molecule has 4 nitrogen and oxygen atoms in total. The molecule has 0 aromatic heterocycles. The van der Waals surface area contributed by atoms with Crippen LogP contribution < -0.4 is 10.6 Å². The van der Waals surface area contributed by atoms with Crippen molar-refractivity contribution in [3.63, 3.8) is 0 Å². The van der Waals surface area contributed by atoms with Gasteiger partial charge in [0.1, 0.15) is 0 Å². The molecule has 0 bridgehead atoms. The van der Waals surface area contributed by atoms with Crippen LogP contribution in [0, 0.1) is 5.92 Å². The van der Waals surface area contributed by atoms with E-state index < -0.39 is 6.10 Å². The van der Waals surface area contributed by atoms with E-state index >= 15 is 0 Å². The van der Waals surface area contributed by atoms with Crippen molar-refractivity contribution in [3.8, 4) is 0 Å². The molecule has 2 amide bonds. The Morgan fingerprint density at radius 3 is 2.42 bits per heavy atom. The Balaban J connectivity index is 2.26. The number of hydrogen-bond donors (Lipinski definition) is 3. The van der Waals surface area contributed by atoms with Crippen LogP contribution in [0.5, 0.6) is 0 Å². The van der Waals surface area contributed by atoms with Gasteiger partial charge in [0.2, 0.25) is 0 Å². The first-order valence-corrected chi connectivity index (χ1v) is 6.75. The van der Waals surface area contributed by atoms with Gasteiger partial charge in [0.25, 0.3) is 0 Å². The highest BCUT2D eigenvalue weighted by Gasteiger charge is 2.12. The molecule has 19 heavy (non-hydrogen) atoms. The van der Waals surface area contributed by atoms with Crippen LogP contribution in [0.3, 0.4) is 0 Å². The summed E-state index contributed by atoms with van der Waals surface area (Å²) < 4.78 is 0. The van der Waals surface area contributed by atoms with Gasteiger partial charge in [-0.05, 0) is 18.4 Å². The molecule has 1 aromatic carbocycles. The van der Waals surface area contributed by atoms with E-state index in [-0.39, 0.29) is 18.6 Å². The molecule has 0 spiro atoms. The minimum atomic E-state index is -0.567. The molecule has 1 rings (SSSR count). The molecule has 106 valence electrons. The number of aliphatic hydroxyl groups excluding tert-OH is 1. The van der Waals surface area contributed by atoms with Crippen molar-refractivity contribution in [2.75, 3.05) is 6.54 Å². The standard InChI is InChI=1S/C15H24N2O2/c1-11(2)12(3)17-15(19)16-10-14(18)9-13-7-5-4-6-8-13/h4-8,11-12,14,18H,9-10H2,1-3H3,(H2,16,17,19). The summed E-state index contributed by atoms with van der Waals surface area (Å²) in [6.07, 6.45) is -0.0246. The number of nitrogens with one attached hydrogen (secondary N) is 2. The molecule has 0 aliphatic heterocycles. The second kappa shape index (κ2) is 7.79. The van der Waals surface area contributed by atoms with E-state index in [4.69, 9.17) is 0 Å². The van der Waals surface area contributed by atoms with Crippen molar-refractivity contribution in [2.24, 2.45) is 5.92 Å². The fourth-order valence-electron chi connectivity index (χ4n) is 1.59. The van der Waals surface area contributed by atoms with Crippen molar-refractivity contribution in [1.82, 2.24) is 10.6 Å². The molecule has 2 atom stereocenters. The maximum Gasteiger partial charge on any atom is 0.315 e. The summed E-state index contributed by atoms with van der Waals surface area (Å²) in [6.45, 7) is 6.32. The second-order valence-corrected chi connectivity index (χ2v) is 5.23. The number of rotatable bonds is 6. The molecular weight excluding hydrogens is 240 g/mol. The van der Waals surface area contributed by atoms with Gasteiger partial charge in [-0.3, -0.25) is 0 Å². The molecule has 0 aliphatic rings. The van der Waals surface area contributed by atoms with Crippen molar-refractivity contribution in [3.05, 3.63) is 35.9 Å². The molecule has 3 N–H and O–H groups in total. The normalized spacial score (nSPS) is 13.9. The molecule has 0 fully saturated rings. The quantitative estimate of drug-likeness (QED) is 0.735. The highest BCUT2D eigenvalue weighted by atomic mass is 16.3. The summed E-state index contributed by atoms with van der Waals surface area (Å²) in [5.41, 5.74) is 1.06. The highest BCUT2D eigenvalue weighted by Crippen LogP contribution is 2.02. The zero-order chi connectivity index (χ0) is 14.3. The van der Waals surface area contributed by atoms with E-state index in [0.717, 1.165) is 5.56 Å². The average molecular weight is 264 g/mol. The molecule has 0 heterocycles. The number of carbonyl (C=O) groups excluding carboxylic acids is 1. The fraction of sp³-hybridized carbons (Fsp3) is 0.533. The third-order valence-corrected chi connectivity index (χ3v) is 3.17. The van der Waals surface area contributed by atoms with Crippen LogP contribution >= 0.6 is 0 Å². The van der Waals surface area contributed by atoms with Crippen LogP contribution in [-0.2, 0) is 6.42 Å². The maximum absolute atomic E-state index is 11.6. The zero-order valence-corrected chi connectivity index (χ0v) is 11.9. The smallest absolute Gasteiger partial charge is 0.315 e. The first-order chi connectivity index (χ1) is 8.99. The van der Waals surface area contributed by atoms with Crippen molar-refractivity contribution in [1.29, 1.82) is 0 Å². The number of urea groups is 1. The second-order valence-electron chi connectivity index (χ2n) is 5.23.